The summed E-state index contributed by atoms with van der Waals surface area (Å²) in [5.74, 6) is 0.742. The molecule has 0 saturated heterocycles. The van der Waals surface area contributed by atoms with Gasteiger partial charge in [0.1, 0.15) is 0 Å². The Morgan fingerprint density at radius 2 is 1.74 bits per heavy atom. The van der Waals surface area contributed by atoms with Crippen molar-refractivity contribution in [2.45, 2.75) is 38.3 Å². The molecule has 0 amide bonds. The lowest BCUT2D eigenvalue weighted by molar-refractivity contribution is -0.472. The van der Waals surface area contributed by atoms with Crippen molar-refractivity contribution in [3.05, 3.63) is 65.9 Å². The zero-order valence-corrected chi connectivity index (χ0v) is 13.3. The van der Waals surface area contributed by atoms with Gasteiger partial charge in [0.15, 0.2) is 6.21 Å². The van der Waals surface area contributed by atoms with Crippen LogP contribution in [0.2, 0.25) is 0 Å². The van der Waals surface area contributed by atoms with Crippen molar-refractivity contribution in [1.82, 2.24) is 4.57 Å². The highest BCUT2D eigenvalue weighted by Gasteiger charge is 2.27. The predicted molar refractivity (Wildman–Crippen MR) is 94.7 cm³/mol. The maximum absolute atomic E-state index is 2.56. The van der Waals surface area contributed by atoms with Crippen LogP contribution in [0.5, 0.6) is 0 Å². The Morgan fingerprint density at radius 3 is 2.57 bits per heavy atom. The van der Waals surface area contributed by atoms with E-state index < -0.39 is 0 Å². The van der Waals surface area contributed by atoms with Crippen molar-refractivity contribution in [3.8, 4) is 0 Å². The Hall–Kier alpha value is -2.35. The number of aromatic nitrogens is 1. The molecule has 1 aromatic heterocycles. The van der Waals surface area contributed by atoms with Crippen LogP contribution in [0.4, 0.5) is 5.69 Å². The number of rotatable bonds is 2. The fourth-order valence-electron chi connectivity index (χ4n) is 4.33. The minimum atomic E-state index is 0.742. The summed E-state index contributed by atoms with van der Waals surface area (Å²) in [6.07, 6.45) is 7.76. The molecular weight excluding hydrogens is 280 g/mol. The summed E-state index contributed by atoms with van der Waals surface area (Å²) in [4.78, 5) is 0. The van der Waals surface area contributed by atoms with Crippen molar-refractivity contribution in [2.75, 3.05) is 0 Å². The molecule has 5 rings (SSSR count). The first-order valence-electron chi connectivity index (χ1n) is 8.69. The molecule has 1 saturated carbocycles. The second kappa shape index (κ2) is 5.09. The molecule has 3 aromatic rings. The fraction of sp³-hybridized carbons (Fsp3) is 0.286. The molecule has 0 unspecified atom stereocenters. The highest BCUT2D eigenvalue weighted by atomic mass is 15.2. The smallest absolute Gasteiger partial charge is 0.228 e. The van der Waals surface area contributed by atoms with Crippen molar-refractivity contribution >= 4 is 22.8 Å². The average Bonchev–Trinajstić information content (AvgIpc) is 3.25. The van der Waals surface area contributed by atoms with Crippen LogP contribution < -0.4 is 0 Å². The molecule has 1 fully saturated rings. The van der Waals surface area contributed by atoms with Gasteiger partial charge in [-0.1, -0.05) is 43.2 Å². The van der Waals surface area contributed by atoms with Crippen LogP contribution in [0.3, 0.4) is 0 Å². The number of benzene rings is 2. The van der Waals surface area contributed by atoms with Crippen molar-refractivity contribution < 1.29 is 4.58 Å². The van der Waals surface area contributed by atoms with Crippen LogP contribution in [0, 0.1) is 0 Å². The van der Waals surface area contributed by atoms with Crippen molar-refractivity contribution in [1.29, 1.82) is 0 Å². The maximum atomic E-state index is 2.56. The van der Waals surface area contributed by atoms with Gasteiger partial charge in [-0.05, 0) is 30.9 Å². The van der Waals surface area contributed by atoms with Crippen molar-refractivity contribution in [3.63, 3.8) is 0 Å². The normalized spacial score (nSPS) is 17.7. The molecule has 0 N–H and O–H groups in total. The molecule has 2 heteroatoms. The third-order valence-corrected chi connectivity index (χ3v) is 5.43. The van der Waals surface area contributed by atoms with E-state index in [1.54, 1.807) is 5.69 Å². The van der Waals surface area contributed by atoms with E-state index in [9.17, 15) is 0 Å². The van der Waals surface area contributed by atoms with Crippen LogP contribution in [-0.4, -0.2) is 15.4 Å². The number of nitrogens with zero attached hydrogens (tertiary/aromatic N) is 2. The molecule has 1 aliphatic carbocycles. The molecule has 0 bridgehead atoms. The number of hydrogen-bond acceptors (Lipinski definition) is 0. The quantitative estimate of drug-likeness (QED) is 0.586. The standard InChI is InChI=1S/C21H21N2/c1-2-11-19(12-3-1)22-14-18-10-6-9-17-13-20(16-7-4-5-8-16)23(15-22)21(17)18/h1-3,6,9-14,16H,4-5,7-8,15H2/q+1. The van der Waals surface area contributed by atoms with Gasteiger partial charge < -0.3 is 0 Å². The SMILES string of the molecule is C1=[N+](c2ccccc2)Cn2c(C3CCCC3)cc3cccc1c32. The van der Waals surface area contributed by atoms with Crippen LogP contribution in [0.1, 0.15) is 42.9 Å². The summed E-state index contributed by atoms with van der Waals surface area (Å²) < 4.78 is 4.94. The first-order valence-corrected chi connectivity index (χ1v) is 8.69. The average molecular weight is 301 g/mol. The zero-order valence-electron chi connectivity index (χ0n) is 13.3. The van der Waals surface area contributed by atoms with Crippen LogP contribution in [0.25, 0.3) is 10.9 Å². The third kappa shape index (κ3) is 2.05. The van der Waals surface area contributed by atoms with E-state index in [1.807, 2.05) is 0 Å². The van der Waals surface area contributed by atoms with Gasteiger partial charge >= 0.3 is 0 Å². The van der Waals surface area contributed by atoms with Crippen molar-refractivity contribution in [2.24, 2.45) is 0 Å². The summed E-state index contributed by atoms with van der Waals surface area (Å²) in [6, 6.07) is 19.8. The molecule has 2 nitrogen and oxygen atoms in total. The number of para-hydroxylation sites is 2. The monoisotopic (exact) mass is 301 g/mol. The first kappa shape index (κ1) is 13.1. The second-order valence-electron chi connectivity index (χ2n) is 6.84. The van der Waals surface area contributed by atoms with E-state index in [1.165, 1.54) is 47.8 Å². The minimum absolute atomic E-state index is 0.742. The van der Waals surface area contributed by atoms with Gasteiger partial charge in [-0.15, -0.1) is 0 Å². The van der Waals surface area contributed by atoms with Crippen LogP contribution in [0.15, 0.2) is 54.6 Å². The minimum Gasteiger partial charge on any atom is -0.288 e. The van der Waals surface area contributed by atoms with Gasteiger partial charge in [-0.2, -0.15) is 4.58 Å². The number of hydrogen-bond donors (Lipinski definition) is 0. The lowest BCUT2D eigenvalue weighted by Gasteiger charge is -2.18. The third-order valence-electron chi connectivity index (χ3n) is 5.43. The molecule has 2 heterocycles. The molecule has 23 heavy (non-hydrogen) atoms. The Labute approximate surface area is 136 Å². The van der Waals surface area contributed by atoms with Crippen LogP contribution in [-0.2, 0) is 6.67 Å². The highest BCUT2D eigenvalue weighted by Crippen LogP contribution is 2.38. The van der Waals surface area contributed by atoms with E-state index in [0.29, 0.717) is 0 Å². The van der Waals surface area contributed by atoms with E-state index in [0.717, 1.165) is 12.6 Å². The van der Waals surface area contributed by atoms with E-state index in [-0.39, 0.29) is 0 Å². The first-order chi connectivity index (χ1) is 11.4. The van der Waals surface area contributed by atoms with Gasteiger partial charge in [0.05, 0.1) is 11.1 Å². The van der Waals surface area contributed by atoms with E-state index in [4.69, 9.17) is 0 Å². The predicted octanol–water partition coefficient (Wildman–Crippen LogP) is 5.03. The molecule has 114 valence electrons. The van der Waals surface area contributed by atoms with Crippen LogP contribution >= 0.6 is 0 Å². The molecule has 1 aliphatic heterocycles. The summed E-state index contributed by atoms with van der Waals surface area (Å²) in [7, 11) is 0. The van der Waals surface area contributed by atoms with Gasteiger partial charge in [0, 0.05) is 23.2 Å². The Kier molecular flexibility index (Phi) is 2.90. The lowest BCUT2D eigenvalue weighted by Crippen LogP contribution is -2.21. The fourth-order valence-corrected chi connectivity index (χ4v) is 4.33. The second-order valence-corrected chi connectivity index (χ2v) is 6.84. The van der Waals surface area contributed by atoms with E-state index >= 15 is 0 Å². The lowest BCUT2D eigenvalue weighted by atomic mass is 10.0. The topological polar surface area (TPSA) is 7.94 Å². The maximum Gasteiger partial charge on any atom is 0.228 e. The van der Waals surface area contributed by atoms with Gasteiger partial charge in [-0.25, -0.2) is 0 Å². The van der Waals surface area contributed by atoms with Gasteiger partial charge in [0.2, 0.25) is 12.4 Å². The molecule has 0 atom stereocenters. The molecule has 2 aromatic carbocycles. The molecule has 2 aliphatic rings. The summed E-state index contributed by atoms with van der Waals surface area (Å²) >= 11 is 0. The zero-order chi connectivity index (χ0) is 15.2. The van der Waals surface area contributed by atoms with E-state index in [2.05, 4.69) is 70.0 Å². The molecule has 0 radical (unpaired) electrons. The van der Waals surface area contributed by atoms with Gasteiger partial charge in [0.25, 0.3) is 0 Å². The Balaban J connectivity index is 1.69. The Bertz CT molecular complexity index is 896. The molecule has 0 spiro atoms. The van der Waals surface area contributed by atoms with Gasteiger partial charge in [-0.3, -0.25) is 4.57 Å². The summed E-state index contributed by atoms with van der Waals surface area (Å²) in [6.45, 7) is 0.927. The largest absolute Gasteiger partial charge is 0.288 e. The summed E-state index contributed by atoms with van der Waals surface area (Å²) in [5, 5.41) is 1.40. The highest BCUT2D eigenvalue weighted by molar-refractivity contribution is 5.98. The Morgan fingerprint density at radius 1 is 0.913 bits per heavy atom. The summed E-state index contributed by atoms with van der Waals surface area (Å²) in [5.41, 5.74) is 5.56. The molecular formula is C21H21N2+.